The highest BCUT2D eigenvalue weighted by molar-refractivity contribution is 6.00. The van der Waals surface area contributed by atoms with E-state index in [9.17, 15) is 24.3 Å². The Kier molecular flexibility index (Phi) is 5.43. The summed E-state index contributed by atoms with van der Waals surface area (Å²) in [6.07, 6.45) is 1.37. The monoisotopic (exact) mass is 373 g/mol. The van der Waals surface area contributed by atoms with Crippen LogP contribution in [0.2, 0.25) is 0 Å². The molecule has 0 aliphatic carbocycles. The third kappa shape index (κ3) is 4.27. The molecule has 1 aromatic rings. The Morgan fingerprint density at radius 3 is 2.44 bits per heavy atom. The number of likely N-dealkylation sites (tertiary alicyclic amines) is 1. The second kappa shape index (κ2) is 7.77. The number of amides is 3. The average molecular weight is 373 g/mol. The molecular formula is C19H23N3O5. The molecule has 144 valence electrons. The highest BCUT2D eigenvalue weighted by Crippen LogP contribution is 2.28. The SMILES string of the molecule is CC(=O)Nc1ccc(N2C[C@H](C(=O)N3CCC[C@H](C(=O)O)C3)CC2=O)cc1. The van der Waals surface area contributed by atoms with Gasteiger partial charge >= 0.3 is 5.97 Å². The van der Waals surface area contributed by atoms with Gasteiger partial charge in [0.05, 0.1) is 11.8 Å². The molecule has 3 amide bonds. The van der Waals surface area contributed by atoms with Crippen molar-refractivity contribution >= 4 is 35.1 Å². The Labute approximate surface area is 157 Å². The molecule has 8 nitrogen and oxygen atoms in total. The van der Waals surface area contributed by atoms with Crippen LogP contribution < -0.4 is 10.2 Å². The zero-order chi connectivity index (χ0) is 19.6. The van der Waals surface area contributed by atoms with E-state index in [1.165, 1.54) is 6.92 Å². The lowest BCUT2D eigenvalue weighted by Gasteiger charge is -2.32. The first kappa shape index (κ1) is 18.9. The minimum absolute atomic E-state index is 0.126. The maximum atomic E-state index is 12.8. The largest absolute Gasteiger partial charge is 0.481 e. The number of nitrogens with one attached hydrogen (secondary N) is 1. The number of piperidine rings is 1. The van der Waals surface area contributed by atoms with Crippen molar-refractivity contribution in [1.82, 2.24) is 4.90 Å². The maximum absolute atomic E-state index is 12.8. The van der Waals surface area contributed by atoms with Crippen LogP contribution in [0.4, 0.5) is 11.4 Å². The number of nitrogens with zero attached hydrogens (tertiary/aromatic N) is 2. The molecule has 0 aromatic heterocycles. The summed E-state index contributed by atoms with van der Waals surface area (Å²) >= 11 is 0. The van der Waals surface area contributed by atoms with Gasteiger partial charge in [0.15, 0.2) is 0 Å². The highest BCUT2D eigenvalue weighted by atomic mass is 16.4. The number of hydrogen-bond donors (Lipinski definition) is 2. The first-order chi connectivity index (χ1) is 12.8. The lowest BCUT2D eigenvalue weighted by Crippen LogP contribution is -2.45. The van der Waals surface area contributed by atoms with E-state index in [1.807, 2.05) is 0 Å². The van der Waals surface area contributed by atoms with Gasteiger partial charge in [0.2, 0.25) is 17.7 Å². The Morgan fingerprint density at radius 1 is 1.11 bits per heavy atom. The number of benzene rings is 1. The van der Waals surface area contributed by atoms with Gasteiger partial charge in [-0.15, -0.1) is 0 Å². The van der Waals surface area contributed by atoms with Gasteiger partial charge in [0, 0.05) is 44.4 Å². The first-order valence-corrected chi connectivity index (χ1v) is 9.04. The van der Waals surface area contributed by atoms with Gasteiger partial charge < -0.3 is 20.2 Å². The summed E-state index contributed by atoms with van der Waals surface area (Å²) in [5, 5.41) is 11.9. The molecule has 27 heavy (non-hydrogen) atoms. The van der Waals surface area contributed by atoms with Gasteiger partial charge in [0.25, 0.3) is 0 Å². The number of rotatable bonds is 4. The molecule has 2 N–H and O–H groups in total. The molecule has 0 radical (unpaired) electrons. The standard InChI is InChI=1S/C19H23N3O5/c1-12(23)20-15-4-6-16(7-5-15)22-11-14(9-17(22)24)18(25)21-8-2-3-13(10-21)19(26)27/h4-7,13-14H,2-3,8-11H2,1H3,(H,20,23)(H,26,27)/t13-,14+/m0/s1. The molecule has 2 aliphatic rings. The van der Waals surface area contributed by atoms with E-state index < -0.39 is 17.8 Å². The van der Waals surface area contributed by atoms with E-state index in [-0.39, 0.29) is 37.2 Å². The fourth-order valence-electron chi connectivity index (χ4n) is 3.69. The minimum Gasteiger partial charge on any atom is -0.481 e. The van der Waals surface area contributed by atoms with Crippen LogP contribution in [0.15, 0.2) is 24.3 Å². The van der Waals surface area contributed by atoms with Crippen LogP contribution in [0.5, 0.6) is 0 Å². The van der Waals surface area contributed by atoms with Crippen molar-refractivity contribution < 1.29 is 24.3 Å². The van der Waals surface area contributed by atoms with Gasteiger partial charge in [-0.25, -0.2) is 0 Å². The molecule has 2 saturated heterocycles. The smallest absolute Gasteiger partial charge is 0.308 e. The molecule has 2 fully saturated rings. The number of carbonyl (C=O) groups is 4. The molecule has 2 heterocycles. The summed E-state index contributed by atoms with van der Waals surface area (Å²) < 4.78 is 0. The number of carbonyl (C=O) groups excluding carboxylic acids is 3. The zero-order valence-corrected chi connectivity index (χ0v) is 15.2. The van der Waals surface area contributed by atoms with Crippen LogP contribution in [-0.4, -0.2) is 53.3 Å². The summed E-state index contributed by atoms with van der Waals surface area (Å²) in [6.45, 7) is 2.46. The lowest BCUT2D eigenvalue weighted by molar-refractivity contribution is -0.147. The Hall–Kier alpha value is -2.90. The highest BCUT2D eigenvalue weighted by Gasteiger charge is 2.39. The van der Waals surface area contributed by atoms with Crippen molar-refractivity contribution in [2.75, 3.05) is 29.9 Å². The van der Waals surface area contributed by atoms with Crippen LogP contribution >= 0.6 is 0 Å². The van der Waals surface area contributed by atoms with Crippen LogP contribution in [0.25, 0.3) is 0 Å². The van der Waals surface area contributed by atoms with Crippen LogP contribution in [0, 0.1) is 11.8 Å². The second-order valence-electron chi connectivity index (χ2n) is 7.10. The van der Waals surface area contributed by atoms with E-state index >= 15 is 0 Å². The van der Waals surface area contributed by atoms with Crippen molar-refractivity contribution in [2.24, 2.45) is 11.8 Å². The normalized spacial score (nSPS) is 22.6. The van der Waals surface area contributed by atoms with Gasteiger partial charge in [-0.2, -0.15) is 0 Å². The summed E-state index contributed by atoms with van der Waals surface area (Å²) in [5.41, 5.74) is 1.31. The number of carboxylic acid groups (broad SMARTS) is 1. The molecule has 0 bridgehead atoms. The topological polar surface area (TPSA) is 107 Å². The number of aliphatic carboxylic acids is 1. The zero-order valence-electron chi connectivity index (χ0n) is 15.2. The third-order valence-corrected chi connectivity index (χ3v) is 5.06. The molecule has 0 saturated carbocycles. The molecule has 1 aromatic carbocycles. The van der Waals surface area contributed by atoms with Gasteiger partial charge in [0.1, 0.15) is 0 Å². The van der Waals surface area contributed by atoms with Crippen molar-refractivity contribution in [3.8, 4) is 0 Å². The van der Waals surface area contributed by atoms with Gasteiger partial charge in [-0.3, -0.25) is 19.2 Å². The fourth-order valence-corrected chi connectivity index (χ4v) is 3.69. The van der Waals surface area contributed by atoms with E-state index in [0.717, 1.165) is 0 Å². The fraction of sp³-hybridized carbons (Fsp3) is 0.474. The molecule has 2 atom stereocenters. The predicted octanol–water partition coefficient (Wildman–Crippen LogP) is 1.32. The number of carboxylic acids is 1. The van der Waals surface area contributed by atoms with Crippen molar-refractivity contribution in [2.45, 2.75) is 26.2 Å². The quantitative estimate of drug-likeness (QED) is 0.828. The van der Waals surface area contributed by atoms with E-state index in [1.54, 1.807) is 34.1 Å². The Morgan fingerprint density at radius 2 is 1.81 bits per heavy atom. The van der Waals surface area contributed by atoms with Crippen molar-refractivity contribution in [3.63, 3.8) is 0 Å². The Bertz CT molecular complexity index is 761. The van der Waals surface area contributed by atoms with E-state index in [0.29, 0.717) is 30.8 Å². The molecular weight excluding hydrogens is 350 g/mol. The summed E-state index contributed by atoms with van der Waals surface area (Å²) in [4.78, 5) is 50.6. The third-order valence-electron chi connectivity index (χ3n) is 5.06. The summed E-state index contributed by atoms with van der Waals surface area (Å²) in [6, 6.07) is 6.89. The molecule has 8 heteroatoms. The molecule has 0 unspecified atom stereocenters. The van der Waals surface area contributed by atoms with Gasteiger partial charge in [-0.1, -0.05) is 0 Å². The Balaban J connectivity index is 1.65. The van der Waals surface area contributed by atoms with Crippen molar-refractivity contribution in [3.05, 3.63) is 24.3 Å². The number of hydrogen-bond acceptors (Lipinski definition) is 4. The minimum atomic E-state index is -0.879. The molecule has 2 aliphatic heterocycles. The second-order valence-corrected chi connectivity index (χ2v) is 7.10. The van der Waals surface area contributed by atoms with E-state index in [4.69, 9.17) is 0 Å². The molecule has 0 spiro atoms. The van der Waals surface area contributed by atoms with Gasteiger partial charge in [-0.05, 0) is 37.1 Å². The summed E-state index contributed by atoms with van der Waals surface area (Å²) in [7, 11) is 0. The van der Waals surface area contributed by atoms with E-state index in [2.05, 4.69) is 5.32 Å². The predicted molar refractivity (Wildman–Crippen MR) is 98.1 cm³/mol. The van der Waals surface area contributed by atoms with Crippen LogP contribution in [-0.2, 0) is 19.2 Å². The first-order valence-electron chi connectivity index (χ1n) is 9.04. The lowest BCUT2D eigenvalue weighted by atomic mass is 9.96. The van der Waals surface area contributed by atoms with Crippen molar-refractivity contribution in [1.29, 1.82) is 0 Å². The average Bonchev–Trinajstić information content (AvgIpc) is 3.03. The molecule has 3 rings (SSSR count). The van der Waals surface area contributed by atoms with Crippen LogP contribution in [0.3, 0.4) is 0 Å². The maximum Gasteiger partial charge on any atom is 0.308 e. The number of anilines is 2. The van der Waals surface area contributed by atoms with Crippen LogP contribution in [0.1, 0.15) is 26.2 Å². The summed E-state index contributed by atoms with van der Waals surface area (Å²) in [5.74, 6) is -2.32.